The van der Waals surface area contributed by atoms with E-state index in [1.54, 1.807) is 0 Å². The van der Waals surface area contributed by atoms with Crippen LogP contribution in [0.3, 0.4) is 0 Å². The third kappa shape index (κ3) is 6.22. The van der Waals surface area contributed by atoms with E-state index in [0.29, 0.717) is 12.2 Å². The van der Waals surface area contributed by atoms with E-state index < -0.39 is 8.14 Å². The molecule has 0 amide bonds. The molecule has 0 bridgehead atoms. The summed E-state index contributed by atoms with van der Waals surface area (Å²) in [7, 11) is -0.639. The van der Waals surface area contributed by atoms with Crippen molar-refractivity contribution in [3.63, 3.8) is 0 Å². The largest absolute Gasteiger partial charge is 0.376 e. The summed E-state index contributed by atoms with van der Waals surface area (Å²) in [5.74, 6) is 0. The summed E-state index contributed by atoms with van der Waals surface area (Å²) in [5, 5.41) is 0. The zero-order chi connectivity index (χ0) is 8.81. The molecule has 2 unspecified atom stereocenters. The highest BCUT2D eigenvalue weighted by atomic mass is 35.7. The van der Waals surface area contributed by atoms with E-state index in [2.05, 4.69) is 0 Å². The van der Waals surface area contributed by atoms with E-state index >= 15 is 0 Å². The van der Waals surface area contributed by atoms with Gasteiger partial charge >= 0.3 is 0 Å². The van der Waals surface area contributed by atoms with Crippen molar-refractivity contribution >= 4 is 30.3 Å². The van der Waals surface area contributed by atoms with Gasteiger partial charge in [0.1, 0.15) is 12.2 Å². The highest BCUT2D eigenvalue weighted by molar-refractivity contribution is 7.22. The van der Waals surface area contributed by atoms with Gasteiger partial charge in [-0.15, -0.1) is 0 Å². The van der Waals surface area contributed by atoms with Crippen LogP contribution in [-0.2, 0) is 14.2 Å². The van der Waals surface area contributed by atoms with Gasteiger partial charge in [0.25, 0.3) is 0 Å². The maximum Gasteiger partial charge on any atom is 0.222 e. The highest BCUT2D eigenvalue weighted by Crippen LogP contribution is 2.12. The van der Waals surface area contributed by atoms with E-state index in [9.17, 15) is 0 Å². The Hall–Kier alpha value is 0.677. The van der Waals surface area contributed by atoms with Gasteiger partial charge < -0.3 is 14.2 Å². The van der Waals surface area contributed by atoms with Crippen LogP contribution in [0, 0.1) is 0 Å². The summed E-state index contributed by atoms with van der Waals surface area (Å²) in [5.41, 5.74) is 0. The fourth-order valence-corrected chi connectivity index (χ4v) is 0.659. The molecule has 2 aliphatic heterocycles. The fraction of sp³-hybridized carbons (Fsp3) is 1.00. The third-order valence-electron chi connectivity index (χ3n) is 1.41. The normalized spacial score (nSPS) is 30.5. The lowest BCUT2D eigenvalue weighted by Gasteiger charge is -1.95. The lowest BCUT2D eigenvalue weighted by molar-refractivity contribution is 0.102. The molecule has 2 aliphatic rings. The first-order valence-electron chi connectivity index (χ1n) is 3.79. The van der Waals surface area contributed by atoms with Crippen LogP contribution in [0.1, 0.15) is 0 Å². The molecule has 3 nitrogen and oxygen atoms in total. The van der Waals surface area contributed by atoms with Crippen LogP contribution >= 0.6 is 22.2 Å². The minimum Gasteiger partial charge on any atom is -0.376 e. The van der Waals surface area contributed by atoms with Gasteiger partial charge in [-0.05, 0) is 0 Å². The second-order valence-electron chi connectivity index (χ2n) is 2.55. The van der Waals surface area contributed by atoms with Crippen molar-refractivity contribution in [2.45, 2.75) is 12.2 Å². The van der Waals surface area contributed by atoms with Crippen LogP contribution in [0.25, 0.3) is 0 Å². The van der Waals surface area contributed by atoms with Gasteiger partial charge in [-0.2, -0.15) is 22.2 Å². The monoisotopic (exact) mass is 230 g/mol. The molecule has 2 heterocycles. The molecular formula is C6H12Cl2O3Si. The lowest BCUT2D eigenvalue weighted by Crippen LogP contribution is -2.06. The van der Waals surface area contributed by atoms with Gasteiger partial charge in [0.15, 0.2) is 0 Å². The summed E-state index contributed by atoms with van der Waals surface area (Å²) < 4.78 is 15.1. The summed E-state index contributed by atoms with van der Waals surface area (Å²) in [6.07, 6.45) is 0.785. The number of rotatable bonds is 4. The van der Waals surface area contributed by atoms with E-state index in [-0.39, 0.29) is 0 Å². The number of hydrogen-bond acceptors (Lipinski definition) is 3. The molecule has 0 aromatic heterocycles. The second-order valence-corrected chi connectivity index (χ2v) is 5.18. The molecule has 0 radical (unpaired) electrons. The van der Waals surface area contributed by atoms with Gasteiger partial charge in [0.2, 0.25) is 8.14 Å². The van der Waals surface area contributed by atoms with Crippen LogP contribution in [0.2, 0.25) is 0 Å². The average Bonchev–Trinajstić information content (AvgIpc) is 2.82. The number of hydrogen-bond donors (Lipinski definition) is 0. The Kier molecular flexibility index (Phi) is 5.54. The lowest BCUT2D eigenvalue weighted by atomic mass is 10.5. The molecule has 0 aromatic rings. The molecule has 0 spiro atoms. The predicted molar refractivity (Wildman–Crippen MR) is 50.5 cm³/mol. The van der Waals surface area contributed by atoms with Crippen LogP contribution in [-0.4, -0.2) is 46.8 Å². The van der Waals surface area contributed by atoms with Crippen molar-refractivity contribution < 1.29 is 14.2 Å². The molecule has 0 aliphatic carbocycles. The SMILES string of the molecule is C(OCC1CO1)C1CO1.Cl[SiH2]Cl. The van der Waals surface area contributed by atoms with Crippen molar-refractivity contribution in [1.29, 1.82) is 0 Å². The molecule has 2 rings (SSSR count). The summed E-state index contributed by atoms with van der Waals surface area (Å²) in [6, 6.07) is 0. The average molecular weight is 231 g/mol. The van der Waals surface area contributed by atoms with E-state index in [1.165, 1.54) is 0 Å². The molecule has 0 aromatic carbocycles. The molecule has 12 heavy (non-hydrogen) atoms. The van der Waals surface area contributed by atoms with Gasteiger partial charge in [-0.25, -0.2) is 0 Å². The van der Waals surface area contributed by atoms with Crippen LogP contribution in [0.15, 0.2) is 0 Å². The smallest absolute Gasteiger partial charge is 0.222 e. The predicted octanol–water partition coefficient (Wildman–Crippen LogP) is 0.263. The van der Waals surface area contributed by atoms with Crippen molar-refractivity contribution in [1.82, 2.24) is 0 Å². The number of epoxide rings is 2. The topological polar surface area (TPSA) is 34.3 Å². The molecule has 2 saturated heterocycles. The van der Waals surface area contributed by atoms with E-state index in [1.807, 2.05) is 0 Å². The van der Waals surface area contributed by atoms with Crippen LogP contribution in [0.4, 0.5) is 0 Å². The van der Waals surface area contributed by atoms with Gasteiger partial charge in [0, 0.05) is 0 Å². The summed E-state index contributed by atoms with van der Waals surface area (Å²) >= 11 is 9.81. The molecule has 0 saturated carbocycles. The van der Waals surface area contributed by atoms with Crippen LogP contribution in [0.5, 0.6) is 0 Å². The van der Waals surface area contributed by atoms with Crippen molar-refractivity contribution in [2.75, 3.05) is 26.4 Å². The van der Waals surface area contributed by atoms with Crippen molar-refractivity contribution in [3.05, 3.63) is 0 Å². The van der Waals surface area contributed by atoms with E-state index in [0.717, 1.165) is 26.4 Å². The Labute approximate surface area is 83.5 Å². The van der Waals surface area contributed by atoms with Gasteiger partial charge in [0.05, 0.1) is 26.4 Å². The third-order valence-corrected chi connectivity index (χ3v) is 1.41. The van der Waals surface area contributed by atoms with E-state index in [4.69, 9.17) is 36.4 Å². The van der Waals surface area contributed by atoms with Gasteiger partial charge in [-0.1, -0.05) is 0 Å². The molecule has 2 fully saturated rings. The van der Waals surface area contributed by atoms with Crippen LogP contribution < -0.4 is 0 Å². The molecule has 6 heteroatoms. The number of halogens is 2. The maximum absolute atomic E-state index is 5.23. The standard InChI is InChI=1S/C6H10O3.Cl2H2Si/c1(5-3-8-5)7-2-6-4-9-6;1-3-2/h5-6H,1-4H2;3H2. The molecular weight excluding hydrogens is 219 g/mol. The van der Waals surface area contributed by atoms with Crippen molar-refractivity contribution in [3.8, 4) is 0 Å². The first-order valence-corrected chi connectivity index (χ1v) is 8.07. The quantitative estimate of drug-likeness (QED) is 0.395. The highest BCUT2D eigenvalue weighted by Gasteiger charge is 2.26. The minimum atomic E-state index is -0.639. The number of ether oxygens (including phenoxy) is 3. The Bertz CT molecular complexity index is 107. The zero-order valence-electron chi connectivity index (χ0n) is 6.67. The van der Waals surface area contributed by atoms with Gasteiger partial charge in [-0.3, -0.25) is 0 Å². The molecule has 72 valence electrons. The Morgan fingerprint density at radius 1 is 1.17 bits per heavy atom. The first kappa shape index (κ1) is 10.8. The Morgan fingerprint density at radius 3 is 1.75 bits per heavy atom. The zero-order valence-corrected chi connectivity index (χ0v) is 9.60. The second kappa shape index (κ2) is 6.18. The Morgan fingerprint density at radius 2 is 1.50 bits per heavy atom. The Balaban J connectivity index is 0.000000213. The maximum atomic E-state index is 5.23. The molecule has 0 N–H and O–H groups in total. The fourth-order valence-electron chi connectivity index (χ4n) is 0.659. The summed E-state index contributed by atoms with van der Waals surface area (Å²) in [6.45, 7) is 3.26. The summed E-state index contributed by atoms with van der Waals surface area (Å²) in [4.78, 5) is 0. The van der Waals surface area contributed by atoms with Crippen molar-refractivity contribution in [2.24, 2.45) is 0 Å². The minimum absolute atomic E-state index is 0.392. The first-order chi connectivity index (χ1) is 5.86. The molecule has 2 atom stereocenters.